The van der Waals surface area contributed by atoms with Crippen molar-refractivity contribution in [2.45, 2.75) is 127 Å². The molecule has 0 spiro atoms. The van der Waals surface area contributed by atoms with Gasteiger partial charge in [-0.25, -0.2) is 9.78 Å². The van der Waals surface area contributed by atoms with Gasteiger partial charge < -0.3 is 30.8 Å². The molecule has 1 heterocycles. The molecule has 1 aliphatic carbocycles. The van der Waals surface area contributed by atoms with Crippen LogP contribution >= 0.6 is 11.8 Å². The van der Waals surface area contributed by atoms with Crippen LogP contribution in [-0.2, 0) is 27.2 Å². The standard InChI is InChI=1S/C34H53N5O5S/c1-23(2)45-21-30(40)27(17-16-24-12-8-6-9-13-24)37-32(42)29(19-26-20-35-22-36-26)38-31(41)28(18-25-14-10-7-11-15-25)39-33(43)44-34(3,4)5/h7,10-11,14-15,20,22-24,27-30,40H,6,8-9,12-13,16-19,21H2,1-5H3,(H,35,36)(H,37,42)(H,38,41)(H,39,43)/t27-,28-,29-,30-/m0/s1. The van der Waals surface area contributed by atoms with E-state index in [0.29, 0.717) is 29.0 Å². The molecular weight excluding hydrogens is 590 g/mol. The molecule has 0 bridgehead atoms. The molecule has 4 atom stereocenters. The Morgan fingerprint density at radius 2 is 1.67 bits per heavy atom. The number of benzene rings is 1. The molecule has 2 aromatic rings. The fourth-order valence-electron chi connectivity index (χ4n) is 5.55. The zero-order chi connectivity index (χ0) is 32.8. The van der Waals surface area contributed by atoms with Crippen LogP contribution in [0.25, 0.3) is 0 Å². The molecule has 0 aliphatic heterocycles. The van der Waals surface area contributed by atoms with Crippen LogP contribution in [0.5, 0.6) is 0 Å². The number of thioether (sulfide) groups is 1. The van der Waals surface area contributed by atoms with E-state index in [2.05, 4.69) is 39.8 Å². The summed E-state index contributed by atoms with van der Waals surface area (Å²) >= 11 is 1.66. The molecule has 1 fully saturated rings. The second-order valence-corrected chi connectivity index (χ2v) is 15.0. The lowest BCUT2D eigenvalue weighted by Crippen LogP contribution is -2.57. The summed E-state index contributed by atoms with van der Waals surface area (Å²) in [5.74, 6) is 0.195. The number of H-pyrrole nitrogens is 1. The van der Waals surface area contributed by atoms with E-state index in [1.54, 1.807) is 38.7 Å². The number of hydrogen-bond donors (Lipinski definition) is 5. The van der Waals surface area contributed by atoms with Gasteiger partial charge in [-0.05, 0) is 50.3 Å². The van der Waals surface area contributed by atoms with Crippen LogP contribution in [0.1, 0.15) is 90.8 Å². The highest BCUT2D eigenvalue weighted by molar-refractivity contribution is 7.99. The minimum atomic E-state index is -0.991. The van der Waals surface area contributed by atoms with E-state index in [-0.39, 0.29) is 12.8 Å². The molecule has 5 N–H and O–H groups in total. The fraction of sp³-hybridized carbons (Fsp3) is 0.647. The number of aromatic amines is 1. The van der Waals surface area contributed by atoms with Gasteiger partial charge in [0.25, 0.3) is 0 Å². The van der Waals surface area contributed by atoms with Crippen molar-refractivity contribution in [2.75, 3.05) is 5.75 Å². The molecule has 11 heteroatoms. The first-order chi connectivity index (χ1) is 21.4. The quantitative estimate of drug-likeness (QED) is 0.175. The molecule has 0 unspecified atom stereocenters. The van der Waals surface area contributed by atoms with Crippen molar-refractivity contribution in [1.82, 2.24) is 25.9 Å². The third-order valence-electron chi connectivity index (χ3n) is 7.91. The molecule has 1 aliphatic rings. The maximum atomic E-state index is 13.9. The summed E-state index contributed by atoms with van der Waals surface area (Å²) in [5.41, 5.74) is 0.768. The van der Waals surface area contributed by atoms with Gasteiger partial charge in [0.05, 0.1) is 18.5 Å². The second kappa shape index (κ2) is 18.2. The molecule has 3 rings (SSSR count). The van der Waals surface area contributed by atoms with Crippen molar-refractivity contribution in [3.63, 3.8) is 0 Å². The Kier molecular flexibility index (Phi) is 14.7. The average Bonchev–Trinajstić information content (AvgIpc) is 3.50. The van der Waals surface area contributed by atoms with Crippen LogP contribution < -0.4 is 16.0 Å². The number of amides is 3. The monoisotopic (exact) mass is 643 g/mol. The Balaban J connectivity index is 1.79. The first-order valence-corrected chi connectivity index (χ1v) is 17.4. The number of nitrogens with zero attached hydrogens (tertiary/aromatic N) is 1. The lowest BCUT2D eigenvalue weighted by molar-refractivity contribution is -0.130. The number of nitrogens with one attached hydrogen (secondary N) is 4. The largest absolute Gasteiger partial charge is 0.444 e. The van der Waals surface area contributed by atoms with Gasteiger partial charge in [0.15, 0.2) is 0 Å². The summed E-state index contributed by atoms with van der Waals surface area (Å²) in [7, 11) is 0. The number of aliphatic hydroxyl groups excluding tert-OH is 1. The lowest BCUT2D eigenvalue weighted by Gasteiger charge is -2.30. The molecule has 250 valence electrons. The normalized spacial score (nSPS) is 16.8. The predicted molar refractivity (Wildman–Crippen MR) is 179 cm³/mol. The third kappa shape index (κ3) is 13.9. The number of alkyl carbamates (subject to hydrolysis) is 1. The number of imidazole rings is 1. The van der Waals surface area contributed by atoms with Gasteiger partial charge in [-0.2, -0.15) is 11.8 Å². The number of carbonyl (C=O) groups excluding carboxylic acids is 3. The van der Waals surface area contributed by atoms with Crippen molar-refractivity contribution in [1.29, 1.82) is 0 Å². The number of hydrogen-bond acceptors (Lipinski definition) is 7. The molecule has 0 saturated heterocycles. The lowest BCUT2D eigenvalue weighted by atomic mass is 9.84. The smallest absolute Gasteiger partial charge is 0.408 e. The minimum Gasteiger partial charge on any atom is -0.444 e. The summed E-state index contributed by atoms with van der Waals surface area (Å²) in [6, 6.07) is 6.94. The minimum absolute atomic E-state index is 0.161. The Bertz CT molecular complexity index is 1170. The van der Waals surface area contributed by atoms with Crippen molar-refractivity contribution < 1.29 is 24.2 Å². The van der Waals surface area contributed by atoms with Gasteiger partial charge in [-0.15, -0.1) is 0 Å². The Labute approximate surface area is 272 Å². The van der Waals surface area contributed by atoms with Gasteiger partial charge in [0.2, 0.25) is 11.8 Å². The van der Waals surface area contributed by atoms with Crippen molar-refractivity contribution in [3.8, 4) is 0 Å². The SMILES string of the molecule is CC(C)SC[C@H](O)[C@H](CCC1CCCCC1)NC(=O)[C@H](Cc1cnc[nH]1)NC(=O)[C@H](Cc1ccccc1)NC(=O)OC(C)(C)C. The summed E-state index contributed by atoms with van der Waals surface area (Å²) < 4.78 is 5.44. The highest BCUT2D eigenvalue weighted by Crippen LogP contribution is 2.28. The van der Waals surface area contributed by atoms with E-state index >= 15 is 0 Å². The van der Waals surface area contributed by atoms with Crippen LogP contribution in [-0.4, -0.2) is 73.8 Å². The van der Waals surface area contributed by atoms with Gasteiger partial charge in [0, 0.05) is 30.5 Å². The Morgan fingerprint density at radius 3 is 2.29 bits per heavy atom. The fourth-order valence-corrected chi connectivity index (χ4v) is 6.36. The first kappa shape index (κ1) is 36.4. The van der Waals surface area contributed by atoms with E-state index in [9.17, 15) is 19.5 Å². The van der Waals surface area contributed by atoms with Gasteiger partial charge in [-0.1, -0.05) is 76.3 Å². The van der Waals surface area contributed by atoms with Gasteiger partial charge in [-0.3, -0.25) is 9.59 Å². The number of carbonyl (C=O) groups is 3. The maximum Gasteiger partial charge on any atom is 0.408 e. The summed E-state index contributed by atoms with van der Waals surface area (Å²) in [5, 5.41) is 20.2. The van der Waals surface area contributed by atoms with Crippen LogP contribution in [0, 0.1) is 5.92 Å². The molecule has 45 heavy (non-hydrogen) atoms. The summed E-state index contributed by atoms with van der Waals surface area (Å²) in [6.45, 7) is 9.42. The zero-order valence-corrected chi connectivity index (χ0v) is 28.3. The Hall–Kier alpha value is -3.05. The molecule has 1 saturated carbocycles. The van der Waals surface area contributed by atoms with Crippen LogP contribution in [0.15, 0.2) is 42.9 Å². The van der Waals surface area contributed by atoms with E-state index in [4.69, 9.17) is 4.74 Å². The molecule has 10 nitrogen and oxygen atoms in total. The summed E-state index contributed by atoms with van der Waals surface area (Å²) in [6.07, 6.45) is 9.75. The first-order valence-electron chi connectivity index (χ1n) is 16.3. The highest BCUT2D eigenvalue weighted by Gasteiger charge is 2.32. The highest BCUT2D eigenvalue weighted by atomic mass is 32.2. The van der Waals surface area contributed by atoms with Crippen LogP contribution in [0.2, 0.25) is 0 Å². The molecule has 0 radical (unpaired) electrons. The van der Waals surface area contributed by atoms with Crippen molar-refractivity contribution in [3.05, 3.63) is 54.1 Å². The predicted octanol–water partition coefficient (Wildman–Crippen LogP) is 4.92. The number of aliphatic hydroxyl groups is 1. The van der Waals surface area contributed by atoms with Gasteiger partial charge >= 0.3 is 6.09 Å². The zero-order valence-electron chi connectivity index (χ0n) is 27.5. The number of rotatable bonds is 16. The van der Waals surface area contributed by atoms with E-state index in [0.717, 1.165) is 12.0 Å². The van der Waals surface area contributed by atoms with Gasteiger partial charge in [0.1, 0.15) is 17.7 Å². The Morgan fingerprint density at radius 1 is 1.00 bits per heavy atom. The van der Waals surface area contributed by atoms with Crippen molar-refractivity contribution in [2.24, 2.45) is 5.92 Å². The third-order valence-corrected chi connectivity index (χ3v) is 9.11. The topological polar surface area (TPSA) is 145 Å². The molecule has 1 aromatic carbocycles. The number of aromatic nitrogens is 2. The molecule has 3 amide bonds. The van der Waals surface area contributed by atoms with E-state index in [1.807, 2.05) is 30.3 Å². The van der Waals surface area contributed by atoms with E-state index in [1.165, 1.54) is 38.4 Å². The maximum absolute atomic E-state index is 13.9. The second-order valence-electron chi connectivity index (χ2n) is 13.4. The molecular formula is C34H53N5O5S. The molecule has 1 aromatic heterocycles. The van der Waals surface area contributed by atoms with E-state index < -0.39 is 47.7 Å². The summed E-state index contributed by atoms with van der Waals surface area (Å²) in [4.78, 5) is 47.5. The number of ether oxygens (including phenoxy) is 1. The van der Waals surface area contributed by atoms with Crippen LogP contribution in [0.3, 0.4) is 0 Å². The van der Waals surface area contributed by atoms with Crippen LogP contribution in [0.4, 0.5) is 4.79 Å². The average molecular weight is 644 g/mol. The van der Waals surface area contributed by atoms with Crippen molar-refractivity contribution >= 4 is 29.7 Å².